The zero-order valence-electron chi connectivity index (χ0n) is 8.91. The lowest BCUT2D eigenvalue weighted by Crippen LogP contribution is -2.34. The third-order valence-electron chi connectivity index (χ3n) is 2.04. The minimum atomic E-state index is -0.482. The van der Waals surface area contributed by atoms with Crippen molar-refractivity contribution in [1.29, 1.82) is 0 Å². The van der Waals surface area contributed by atoms with Crippen molar-refractivity contribution in [2.75, 3.05) is 12.4 Å². The second-order valence-corrected chi connectivity index (χ2v) is 3.15. The standard InChI is InChI=1S/C11H15N2O2/c1-3-10(12)11(14)13-8-5-4-6-9(7-8)15-2/h4,6-7,10H,3,12H2,1-2H3,(H,13,14). The summed E-state index contributed by atoms with van der Waals surface area (Å²) in [5, 5.41) is 2.67. The summed E-state index contributed by atoms with van der Waals surface area (Å²) < 4.78 is 5.02. The molecular formula is C11H15N2O2. The molecule has 81 valence electrons. The van der Waals surface area contributed by atoms with Crippen LogP contribution in [0.4, 0.5) is 5.69 Å². The van der Waals surface area contributed by atoms with E-state index in [-0.39, 0.29) is 5.91 Å². The van der Waals surface area contributed by atoms with Gasteiger partial charge in [-0.15, -0.1) is 0 Å². The molecule has 0 aliphatic heterocycles. The number of ether oxygens (including phenoxy) is 1. The molecule has 1 amide bonds. The monoisotopic (exact) mass is 207 g/mol. The first kappa shape index (κ1) is 11.5. The first-order valence-corrected chi connectivity index (χ1v) is 4.79. The van der Waals surface area contributed by atoms with Crippen molar-refractivity contribution in [2.24, 2.45) is 5.73 Å². The van der Waals surface area contributed by atoms with E-state index in [2.05, 4.69) is 11.4 Å². The largest absolute Gasteiger partial charge is 0.497 e. The van der Waals surface area contributed by atoms with Crippen molar-refractivity contribution in [3.05, 3.63) is 24.3 Å². The van der Waals surface area contributed by atoms with Gasteiger partial charge in [0, 0.05) is 12.1 Å². The molecule has 4 nitrogen and oxygen atoms in total. The Morgan fingerprint density at radius 2 is 2.47 bits per heavy atom. The molecule has 0 saturated carbocycles. The second kappa shape index (κ2) is 5.36. The zero-order valence-corrected chi connectivity index (χ0v) is 8.91. The Kier molecular flexibility index (Phi) is 4.12. The average Bonchev–Trinajstić information content (AvgIpc) is 2.28. The molecule has 0 aliphatic carbocycles. The highest BCUT2D eigenvalue weighted by molar-refractivity contribution is 5.94. The minimum Gasteiger partial charge on any atom is -0.497 e. The van der Waals surface area contributed by atoms with Crippen LogP contribution in [0.25, 0.3) is 0 Å². The van der Waals surface area contributed by atoms with E-state index in [1.165, 1.54) is 0 Å². The molecule has 1 radical (unpaired) electrons. The van der Waals surface area contributed by atoms with Crippen molar-refractivity contribution in [3.63, 3.8) is 0 Å². The lowest BCUT2D eigenvalue weighted by Gasteiger charge is -2.10. The molecule has 0 aliphatic rings. The summed E-state index contributed by atoms with van der Waals surface area (Å²) in [4.78, 5) is 11.4. The lowest BCUT2D eigenvalue weighted by atomic mass is 10.2. The van der Waals surface area contributed by atoms with Gasteiger partial charge >= 0.3 is 0 Å². The van der Waals surface area contributed by atoms with E-state index in [0.717, 1.165) is 0 Å². The fourth-order valence-corrected chi connectivity index (χ4v) is 1.06. The number of nitrogens with two attached hydrogens (primary N) is 1. The molecule has 1 atom stereocenters. The van der Waals surface area contributed by atoms with Crippen LogP contribution in [0.3, 0.4) is 0 Å². The van der Waals surface area contributed by atoms with Gasteiger partial charge in [-0.05, 0) is 18.6 Å². The summed E-state index contributed by atoms with van der Waals surface area (Å²) in [7, 11) is 1.57. The molecule has 3 N–H and O–H groups in total. The number of nitrogens with one attached hydrogen (secondary N) is 1. The average molecular weight is 207 g/mol. The summed E-state index contributed by atoms with van der Waals surface area (Å²) >= 11 is 0. The first-order chi connectivity index (χ1) is 7.17. The van der Waals surface area contributed by atoms with E-state index in [0.29, 0.717) is 17.9 Å². The zero-order chi connectivity index (χ0) is 11.3. The van der Waals surface area contributed by atoms with Gasteiger partial charge in [-0.3, -0.25) is 4.79 Å². The van der Waals surface area contributed by atoms with Gasteiger partial charge < -0.3 is 15.8 Å². The van der Waals surface area contributed by atoms with Crippen molar-refractivity contribution < 1.29 is 9.53 Å². The van der Waals surface area contributed by atoms with Gasteiger partial charge in [0.05, 0.1) is 18.8 Å². The highest BCUT2D eigenvalue weighted by atomic mass is 16.5. The number of carbonyl (C=O) groups is 1. The van der Waals surface area contributed by atoms with Gasteiger partial charge in [0.15, 0.2) is 0 Å². The number of hydrogen-bond donors (Lipinski definition) is 2. The Bertz CT molecular complexity index is 339. The highest BCUT2D eigenvalue weighted by Gasteiger charge is 2.10. The predicted octanol–water partition coefficient (Wildman–Crippen LogP) is 1.17. The van der Waals surface area contributed by atoms with Crippen LogP contribution in [0.5, 0.6) is 5.75 Å². The molecule has 4 heteroatoms. The van der Waals surface area contributed by atoms with E-state index < -0.39 is 6.04 Å². The third-order valence-corrected chi connectivity index (χ3v) is 2.04. The topological polar surface area (TPSA) is 64.4 Å². The highest BCUT2D eigenvalue weighted by Crippen LogP contribution is 2.16. The van der Waals surface area contributed by atoms with Gasteiger partial charge in [-0.1, -0.05) is 6.92 Å². The number of methoxy groups -OCH3 is 1. The van der Waals surface area contributed by atoms with Crippen LogP contribution in [-0.2, 0) is 4.79 Å². The fourth-order valence-electron chi connectivity index (χ4n) is 1.06. The normalized spacial score (nSPS) is 11.9. The fraction of sp³-hybridized carbons (Fsp3) is 0.364. The Morgan fingerprint density at radius 1 is 1.73 bits per heavy atom. The quantitative estimate of drug-likeness (QED) is 0.779. The van der Waals surface area contributed by atoms with Gasteiger partial charge in [0.25, 0.3) is 0 Å². The molecule has 1 aromatic rings. The SMILES string of the molecule is CCC(N)C(=O)Nc1[c]ccc(OC)c1. The Morgan fingerprint density at radius 3 is 3.07 bits per heavy atom. The molecule has 0 heterocycles. The number of anilines is 1. The Labute approximate surface area is 89.4 Å². The van der Waals surface area contributed by atoms with Crippen LogP contribution in [0.1, 0.15) is 13.3 Å². The van der Waals surface area contributed by atoms with Gasteiger partial charge in [0.2, 0.25) is 5.91 Å². The number of amides is 1. The van der Waals surface area contributed by atoms with Gasteiger partial charge in [0.1, 0.15) is 5.75 Å². The molecule has 1 aromatic carbocycles. The molecule has 1 unspecified atom stereocenters. The number of hydrogen-bond acceptors (Lipinski definition) is 3. The molecule has 0 aromatic heterocycles. The van der Waals surface area contributed by atoms with E-state index in [9.17, 15) is 4.79 Å². The van der Waals surface area contributed by atoms with Crippen molar-refractivity contribution in [1.82, 2.24) is 0 Å². The maximum absolute atomic E-state index is 11.4. The number of carbonyl (C=O) groups excluding carboxylic acids is 1. The van der Waals surface area contributed by atoms with Crippen LogP contribution in [-0.4, -0.2) is 19.1 Å². The summed E-state index contributed by atoms with van der Waals surface area (Å²) in [5.41, 5.74) is 6.15. The van der Waals surface area contributed by atoms with Crippen LogP contribution in [0.2, 0.25) is 0 Å². The van der Waals surface area contributed by atoms with E-state index in [1.54, 1.807) is 25.3 Å². The van der Waals surface area contributed by atoms with E-state index in [4.69, 9.17) is 10.5 Å². The minimum absolute atomic E-state index is 0.206. The molecule has 15 heavy (non-hydrogen) atoms. The van der Waals surface area contributed by atoms with Crippen LogP contribution >= 0.6 is 0 Å². The van der Waals surface area contributed by atoms with Crippen molar-refractivity contribution in [3.8, 4) is 5.75 Å². The number of benzene rings is 1. The first-order valence-electron chi connectivity index (χ1n) is 4.79. The van der Waals surface area contributed by atoms with Crippen molar-refractivity contribution in [2.45, 2.75) is 19.4 Å². The second-order valence-electron chi connectivity index (χ2n) is 3.15. The maximum atomic E-state index is 11.4. The Balaban J connectivity index is 2.68. The third kappa shape index (κ3) is 3.25. The van der Waals surface area contributed by atoms with Gasteiger partial charge in [-0.2, -0.15) is 0 Å². The van der Waals surface area contributed by atoms with E-state index >= 15 is 0 Å². The summed E-state index contributed by atoms with van der Waals surface area (Å²) in [6.07, 6.45) is 0.607. The molecule has 0 saturated heterocycles. The van der Waals surface area contributed by atoms with Gasteiger partial charge in [-0.25, -0.2) is 0 Å². The number of rotatable bonds is 4. The molecule has 0 bridgehead atoms. The van der Waals surface area contributed by atoms with Crippen LogP contribution < -0.4 is 15.8 Å². The van der Waals surface area contributed by atoms with Crippen molar-refractivity contribution >= 4 is 11.6 Å². The molecule has 1 rings (SSSR count). The van der Waals surface area contributed by atoms with E-state index in [1.807, 2.05) is 6.92 Å². The summed E-state index contributed by atoms with van der Waals surface area (Å²) in [5.74, 6) is 0.469. The molecule has 0 spiro atoms. The summed E-state index contributed by atoms with van der Waals surface area (Å²) in [6.45, 7) is 1.86. The predicted molar refractivity (Wildman–Crippen MR) is 58.7 cm³/mol. The maximum Gasteiger partial charge on any atom is 0.241 e. The Hall–Kier alpha value is -1.55. The molecular weight excluding hydrogens is 192 g/mol. The van der Waals surface area contributed by atoms with Crippen LogP contribution in [0.15, 0.2) is 18.2 Å². The summed E-state index contributed by atoms with van der Waals surface area (Å²) in [6, 6.07) is 7.54. The van der Waals surface area contributed by atoms with Crippen LogP contribution in [0, 0.1) is 6.07 Å². The smallest absolute Gasteiger partial charge is 0.241 e. The molecule has 0 fully saturated rings. The lowest BCUT2D eigenvalue weighted by molar-refractivity contribution is -0.117.